The zero-order valence-corrected chi connectivity index (χ0v) is 13.6. The number of amides is 1. The number of aliphatic hydroxyl groups is 1. The predicted octanol–water partition coefficient (Wildman–Crippen LogP) is 2.79. The highest BCUT2D eigenvalue weighted by Crippen LogP contribution is 2.25. The lowest BCUT2D eigenvalue weighted by Gasteiger charge is -2.32. The summed E-state index contributed by atoms with van der Waals surface area (Å²) < 4.78 is 0. The number of benzene rings is 1. The zero-order chi connectivity index (χ0) is 16.2. The van der Waals surface area contributed by atoms with Crippen molar-refractivity contribution in [2.45, 2.75) is 38.7 Å². The molecule has 1 aromatic heterocycles. The molecule has 0 spiro atoms. The van der Waals surface area contributed by atoms with Crippen LogP contribution in [0.3, 0.4) is 0 Å². The van der Waals surface area contributed by atoms with Gasteiger partial charge in [-0.05, 0) is 49.3 Å². The number of likely N-dealkylation sites (tertiary alicyclic amines) is 1. The molecule has 4 nitrogen and oxygen atoms in total. The zero-order valence-electron chi connectivity index (χ0n) is 13.6. The number of aromatic nitrogens is 1. The third-order valence-electron chi connectivity index (χ3n) is 4.86. The van der Waals surface area contributed by atoms with Crippen LogP contribution in [0.4, 0.5) is 0 Å². The van der Waals surface area contributed by atoms with Crippen LogP contribution in [0.25, 0.3) is 10.9 Å². The van der Waals surface area contributed by atoms with Crippen LogP contribution in [-0.2, 0) is 11.2 Å². The van der Waals surface area contributed by atoms with Gasteiger partial charge in [-0.25, -0.2) is 0 Å². The van der Waals surface area contributed by atoms with E-state index >= 15 is 0 Å². The van der Waals surface area contributed by atoms with Crippen LogP contribution in [-0.4, -0.2) is 40.1 Å². The maximum absolute atomic E-state index is 11.4. The Morgan fingerprint density at radius 1 is 1.30 bits per heavy atom. The lowest BCUT2D eigenvalue weighted by Crippen LogP contribution is -2.37. The summed E-state index contributed by atoms with van der Waals surface area (Å²) in [5.74, 6) is 0.668. The maximum Gasteiger partial charge on any atom is 0.219 e. The first-order valence-corrected chi connectivity index (χ1v) is 8.39. The molecule has 3 rings (SSSR count). The van der Waals surface area contributed by atoms with Crippen LogP contribution < -0.4 is 0 Å². The van der Waals surface area contributed by atoms with Crippen molar-refractivity contribution in [3.05, 3.63) is 42.1 Å². The molecule has 0 saturated carbocycles. The number of fused-ring (bicyclic) bond motifs is 1. The normalized spacial score (nSPS) is 17.4. The van der Waals surface area contributed by atoms with Gasteiger partial charge in [0.05, 0.1) is 11.6 Å². The summed E-state index contributed by atoms with van der Waals surface area (Å²) in [6.45, 7) is 3.28. The predicted molar refractivity (Wildman–Crippen MR) is 91.0 cm³/mol. The van der Waals surface area contributed by atoms with E-state index in [-0.39, 0.29) is 12.0 Å². The van der Waals surface area contributed by atoms with Crippen LogP contribution in [0.2, 0.25) is 0 Å². The number of para-hydroxylation sites is 1. The van der Waals surface area contributed by atoms with E-state index in [1.807, 2.05) is 35.4 Å². The second kappa shape index (κ2) is 7.09. The van der Waals surface area contributed by atoms with Crippen molar-refractivity contribution in [3.8, 4) is 0 Å². The van der Waals surface area contributed by atoms with Gasteiger partial charge in [0.1, 0.15) is 0 Å². The molecule has 1 saturated heterocycles. The van der Waals surface area contributed by atoms with E-state index in [4.69, 9.17) is 0 Å². The molecule has 0 aliphatic carbocycles. The summed E-state index contributed by atoms with van der Waals surface area (Å²) >= 11 is 0. The molecule has 2 heterocycles. The summed E-state index contributed by atoms with van der Waals surface area (Å²) in [5.41, 5.74) is 2.14. The Hall–Kier alpha value is -1.94. The van der Waals surface area contributed by atoms with Crippen LogP contribution in [0.15, 0.2) is 36.5 Å². The molecule has 2 aromatic rings. The third kappa shape index (κ3) is 3.88. The molecule has 1 aliphatic heterocycles. The lowest BCUT2D eigenvalue weighted by molar-refractivity contribution is -0.130. The molecular weight excluding hydrogens is 288 g/mol. The molecule has 1 atom stereocenters. The van der Waals surface area contributed by atoms with Crippen LogP contribution in [0, 0.1) is 5.92 Å². The van der Waals surface area contributed by atoms with E-state index in [1.54, 1.807) is 6.92 Å². The van der Waals surface area contributed by atoms with E-state index in [9.17, 15) is 9.90 Å². The Labute approximate surface area is 137 Å². The second-order valence-corrected chi connectivity index (χ2v) is 6.53. The van der Waals surface area contributed by atoms with Crippen LogP contribution >= 0.6 is 0 Å². The highest BCUT2D eigenvalue weighted by Gasteiger charge is 2.23. The molecule has 0 bridgehead atoms. The van der Waals surface area contributed by atoms with Crippen molar-refractivity contribution in [1.82, 2.24) is 9.88 Å². The van der Waals surface area contributed by atoms with Gasteiger partial charge < -0.3 is 10.0 Å². The van der Waals surface area contributed by atoms with Gasteiger partial charge in [0.25, 0.3) is 0 Å². The number of hydrogen-bond acceptors (Lipinski definition) is 3. The molecular formula is C19H24N2O2. The number of aliphatic hydroxyl groups excluding tert-OH is 1. The Balaban J connectivity index is 1.59. The second-order valence-electron chi connectivity index (χ2n) is 6.53. The Morgan fingerprint density at radius 3 is 2.78 bits per heavy atom. The average molecular weight is 312 g/mol. The fourth-order valence-electron chi connectivity index (χ4n) is 3.54. The molecule has 4 heteroatoms. The molecule has 1 fully saturated rings. The summed E-state index contributed by atoms with van der Waals surface area (Å²) in [6.07, 6.45) is 4.94. The van der Waals surface area contributed by atoms with Crippen molar-refractivity contribution in [2.24, 2.45) is 5.92 Å². The first-order chi connectivity index (χ1) is 11.1. The fraction of sp³-hybridized carbons (Fsp3) is 0.474. The monoisotopic (exact) mass is 312 g/mol. The Morgan fingerprint density at radius 2 is 2.04 bits per heavy atom. The topological polar surface area (TPSA) is 53.4 Å². The van der Waals surface area contributed by atoms with Crippen molar-refractivity contribution in [3.63, 3.8) is 0 Å². The number of piperidine rings is 1. The number of nitrogens with zero attached hydrogens (tertiary/aromatic N) is 2. The Kier molecular flexibility index (Phi) is 4.91. The molecule has 23 heavy (non-hydrogen) atoms. The fourth-order valence-corrected chi connectivity index (χ4v) is 3.54. The Bertz CT molecular complexity index is 673. The maximum atomic E-state index is 11.4. The standard InChI is InChI=1S/C19H24N2O2/c1-14(22)21-10-7-15(8-11-21)12-17(23)13-16-6-9-20-19-5-3-2-4-18(16)19/h2-6,9,15,17,23H,7-8,10-13H2,1H3/t17-/m1/s1. The van der Waals surface area contributed by atoms with Gasteiger partial charge in [-0.1, -0.05) is 18.2 Å². The van der Waals surface area contributed by atoms with E-state index in [0.29, 0.717) is 12.3 Å². The van der Waals surface area contributed by atoms with Crippen LogP contribution in [0.1, 0.15) is 31.7 Å². The van der Waals surface area contributed by atoms with Crippen molar-refractivity contribution in [1.29, 1.82) is 0 Å². The quantitative estimate of drug-likeness (QED) is 0.944. The lowest BCUT2D eigenvalue weighted by atomic mass is 9.89. The third-order valence-corrected chi connectivity index (χ3v) is 4.86. The van der Waals surface area contributed by atoms with Crippen LogP contribution in [0.5, 0.6) is 0 Å². The minimum absolute atomic E-state index is 0.159. The molecule has 0 unspecified atom stereocenters. The SMILES string of the molecule is CC(=O)N1CCC(C[C@@H](O)Cc2ccnc3ccccc23)CC1. The van der Waals surface area contributed by atoms with Crippen molar-refractivity contribution >= 4 is 16.8 Å². The molecule has 1 amide bonds. The summed E-state index contributed by atoms with van der Waals surface area (Å²) in [6, 6.07) is 10.1. The molecule has 1 aliphatic rings. The van der Waals surface area contributed by atoms with E-state index in [2.05, 4.69) is 11.1 Å². The smallest absolute Gasteiger partial charge is 0.219 e. The van der Waals surface area contributed by atoms with E-state index < -0.39 is 0 Å². The van der Waals surface area contributed by atoms with E-state index in [0.717, 1.165) is 48.8 Å². The van der Waals surface area contributed by atoms with Gasteiger partial charge in [0.15, 0.2) is 0 Å². The van der Waals surface area contributed by atoms with Gasteiger partial charge in [-0.3, -0.25) is 9.78 Å². The number of hydrogen-bond donors (Lipinski definition) is 1. The average Bonchev–Trinajstić information content (AvgIpc) is 2.55. The number of carbonyl (C=O) groups excluding carboxylic acids is 1. The summed E-state index contributed by atoms with van der Waals surface area (Å²) in [5, 5.41) is 11.6. The summed E-state index contributed by atoms with van der Waals surface area (Å²) in [4.78, 5) is 17.6. The number of pyridine rings is 1. The first-order valence-electron chi connectivity index (χ1n) is 8.39. The number of carbonyl (C=O) groups is 1. The van der Waals surface area contributed by atoms with E-state index in [1.165, 1.54) is 0 Å². The molecule has 122 valence electrons. The minimum atomic E-state index is -0.338. The van der Waals surface area contributed by atoms with Crippen molar-refractivity contribution in [2.75, 3.05) is 13.1 Å². The highest BCUT2D eigenvalue weighted by molar-refractivity contribution is 5.81. The largest absolute Gasteiger partial charge is 0.393 e. The van der Waals surface area contributed by atoms with Crippen molar-refractivity contribution < 1.29 is 9.90 Å². The number of rotatable bonds is 4. The first kappa shape index (κ1) is 15.9. The van der Waals surface area contributed by atoms with Gasteiger partial charge in [0, 0.05) is 31.6 Å². The van der Waals surface area contributed by atoms with Gasteiger partial charge in [-0.15, -0.1) is 0 Å². The van der Waals surface area contributed by atoms with Gasteiger partial charge >= 0.3 is 0 Å². The minimum Gasteiger partial charge on any atom is -0.393 e. The summed E-state index contributed by atoms with van der Waals surface area (Å²) in [7, 11) is 0. The highest BCUT2D eigenvalue weighted by atomic mass is 16.3. The van der Waals surface area contributed by atoms with Gasteiger partial charge in [-0.2, -0.15) is 0 Å². The van der Waals surface area contributed by atoms with Gasteiger partial charge in [0.2, 0.25) is 5.91 Å². The molecule has 0 radical (unpaired) electrons. The molecule has 1 aromatic carbocycles. The molecule has 1 N–H and O–H groups in total.